The van der Waals surface area contributed by atoms with Crippen molar-refractivity contribution in [3.05, 3.63) is 15.5 Å². The van der Waals surface area contributed by atoms with Crippen molar-refractivity contribution in [1.82, 2.24) is 9.88 Å². The molecular weight excluding hydrogens is 284 g/mol. The van der Waals surface area contributed by atoms with E-state index >= 15 is 0 Å². The van der Waals surface area contributed by atoms with Gasteiger partial charge in [-0.05, 0) is 31.6 Å². The van der Waals surface area contributed by atoms with E-state index in [0.717, 1.165) is 28.7 Å². The van der Waals surface area contributed by atoms with Crippen LogP contribution in [0.3, 0.4) is 0 Å². The van der Waals surface area contributed by atoms with Gasteiger partial charge in [0.1, 0.15) is 9.34 Å². The van der Waals surface area contributed by atoms with E-state index in [2.05, 4.69) is 9.88 Å². The highest BCUT2D eigenvalue weighted by atomic mass is 35.5. The number of halogens is 1. The van der Waals surface area contributed by atoms with Gasteiger partial charge < -0.3 is 5.11 Å². The van der Waals surface area contributed by atoms with Gasteiger partial charge in [-0.1, -0.05) is 11.6 Å². The lowest BCUT2D eigenvalue weighted by Gasteiger charge is -2.38. The predicted molar refractivity (Wildman–Crippen MR) is 74.5 cm³/mol. The number of fused-ring (bicyclic) bond motifs is 2. The van der Waals surface area contributed by atoms with E-state index in [1.54, 1.807) is 17.5 Å². The maximum Gasteiger partial charge on any atom is 0.303 e. The quantitative estimate of drug-likeness (QED) is 0.928. The van der Waals surface area contributed by atoms with Crippen LogP contribution in [-0.4, -0.2) is 33.0 Å². The van der Waals surface area contributed by atoms with E-state index < -0.39 is 5.97 Å². The van der Waals surface area contributed by atoms with Gasteiger partial charge >= 0.3 is 5.97 Å². The van der Waals surface area contributed by atoms with E-state index in [9.17, 15) is 4.79 Å². The molecule has 0 aromatic carbocycles. The Morgan fingerprint density at radius 1 is 1.47 bits per heavy atom. The Kier molecular flexibility index (Phi) is 3.78. The van der Waals surface area contributed by atoms with E-state index in [-0.39, 0.29) is 0 Å². The third-order valence-corrected chi connectivity index (χ3v) is 5.39. The highest BCUT2D eigenvalue weighted by Crippen LogP contribution is 2.41. The first-order valence-electron chi connectivity index (χ1n) is 6.69. The molecule has 0 amide bonds. The molecule has 6 heteroatoms. The van der Waals surface area contributed by atoms with Crippen LogP contribution in [-0.2, 0) is 11.3 Å². The minimum absolute atomic E-state index is 0.323. The van der Waals surface area contributed by atoms with Crippen molar-refractivity contribution in [2.75, 3.05) is 0 Å². The number of carboxylic acids is 1. The van der Waals surface area contributed by atoms with E-state index in [1.807, 2.05) is 0 Å². The number of thiazole rings is 1. The molecule has 0 aliphatic carbocycles. The summed E-state index contributed by atoms with van der Waals surface area (Å²) in [6.45, 7) is 0.868. The van der Waals surface area contributed by atoms with Crippen LogP contribution in [0, 0.1) is 5.92 Å². The molecule has 2 bridgehead atoms. The fourth-order valence-corrected chi connectivity index (χ4v) is 4.54. The summed E-state index contributed by atoms with van der Waals surface area (Å²) in [4.78, 5) is 17.7. The van der Waals surface area contributed by atoms with Gasteiger partial charge in [-0.2, -0.15) is 0 Å². The van der Waals surface area contributed by atoms with Crippen LogP contribution in [0.2, 0.25) is 4.34 Å². The van der Waals surface area contributed by atoms with Crippen LogP contribution < -0.4 is 0 Å². The highest BCUT2D eigenvalue weighted by Gasteiger charge is 2.41. The molecule has 104 valence electrons. The Balaban J connectivity index is 1.64. The summed E-state index contributed by atoms with van der Waals surface area (Å²) in [5, 5.41) is 9.99. The Morgan fingerprint density at radius 2 is 2.16 bits per heavy atom. The molecule has 0 saturated carbocycles. The van der Waals surface area contributed by atoms with Gasteiger partial charge in [-0.3, -0.25) is 9.69 Å². The van der Waals surface area contributed by atoms with Crippen molar-refractivity contribution in [1.29, 1.82) is 0 Å². The molecule has 1 N–H and O–H groups in total. The third kappa shape index (κ3) is 2.93. The summed E-state index contributed by atoms with van der Waals surface area (Å²) >= 11 is 7.46. The van der Waals surface area contributed by atoms with Crippen LogP contribution in [0.25, 0.3) is 0 Å². The number of hydrogen-bond donors (Lipinski definition) is 1. The standard InChI is InChI=1S/C13H17ClN2O2S/c14-11-6-15-12(19-11)7-16-9-1-2-10(16)4-8(3-9)5-13(17)18/h6,8-10H,1-5,7H2,(H,17,18). The fourth-order valence-electron chi connectivity index (χ4n) is 3.58. The molecule has 2 atom stereocenters. The first-order chi connectivity index (χ1) is 9.11. The monoisotopic (exact) mass is 300 g/mol. The van der Waals surface area contributed by atoms with Crippen molar-refractivity contribution in [3.8, 4) is 0 Å². The van der Waals surface area contributed by atoms with E-state index in [1.165, 1.54) is 12.8 Å². The molecule has 0 spiro atoms. The average Bonchev–Trinajstić information content (AvgIpc) is 2.82. The number of aromatic nitrogens is 1. The van der Waals surface area contributed by atoms with Crippen LogP contribution in [0.15, 0.2) is 6.20 Å². The fraction of sp³-hybridized carbons (Fsp3) is 0.692. The number of carbonyl (C=O) groups is 1. The normalized spacial score (nSPS) is 30.7. The topological polar surface area (TPSA) is 53.4 Å². The maximum atomic E-state index is 10.8. The maximum absolute atomic E-state index is 10.8. The van der Waals surface area contributed by atoms with Crippen molar-refractivity contribution in [3.63, 3.8) is 0 Å². The summed E-state index contributed by atoms with van der Waals surface area (Å²) in [5.74, 6) is -0.310. The van der Waals surface area contributed by atoms with Crippen molar-refractivity contribution in [2.45, 2.75) is 50.7 Å². The number of piperidine rings is 1. The zero-order valence-electron chi connectivity index (χ0n) is 10.6. The molecular formula is C13H17ClN2O2S. The SMILES string of the molecule is O=C(O)CC1CC2CCC(C1)N2Cc1ncc(Cl)s1. The lowest BCUT2D eigenvalue weighted by Crippen LogP contribution is -2.42. The molecule has 3 rings (SSSR count). The zero-order chi connectivity index (χ0) is 13.4. The van der Waals surface area contributed by atoms with Gasteiger partial charge in [0.05, 0.1) is 12.7 Å². The molecule has 2 saturated heterocycles. The molecule has 3 heterocycles. The molecule has 2 aliphatic rings. The second kappa shape index (κ2) is 5.38. The van der Waals surface area contributed by atoms with Gasteiger partial charge in [-0.25, -0.2) is 4.98 Å². The van der Waals surface area contributed by atoms with Crippen LogP contribution in [0.4, 0.5) is 0 Å². The first-order valence-corrected chi connectivity index (χ1v) is 7.89. The summed E-state index contributed by atoms with van der Waals surface area (Å²) in [6, 6.07) is 1.07. The van der Waals surface area contributed by atoms with Crippen molar-refractivity contribution < 1.29 is 9.90 Å². The predicted octanol–water partition coefficient (Wildman–Crippen LogP) is 3.01. The molecule has 2 fully saturated rings. The number of nitrogens with zero attached hydrogens (tertiary/aromatic N) is 2. The van der Waals surface area contributed by atoms with Gasteiger partial charge in [0, 0.05) is 18.5 Å². The summed E-state index contributed by atoms with van der Waals surface area (Å²) < 4.78 is 0.739. The Hall–Kier alpha value is -0.650. The van der Waals surface area contributed by atoms with Crippen molar-refractivity contribution in [2.24, 2.45) is 5.92 Å². The van der Waals surface area contributed by atoms with Gasteiger partial charge in [0.25, 0.3) is 0 Å². The zero-order valence-corrected chi connectivity index (χ0v) is 12.2. The Labute approximate surface area is 121 Å². The Bertz CT molecular complexity index is 465. The van der Waals surface area contributed by atoms with E-state index in [0.29, 0.717) is 24.4 Å². The number of carboxylic acid groups (broad SMARTS) is 1. The number of hydrogen-bond acceptors (Lipinski definition) is 4. The van der Waals surface area contributed by atoms with Crippen LogP contribution in [0.1, 0.15) is 37.1 Å². The van der Waals surface area contributed by atoms with Gasteiger partial charge in [0.15, 0.2) is 0 Å². The van der Waals surface area contributed by atoms with Gasteiger partial charge in [0.2, 0.25) is 0 Å². The lowest BCUT2D eigenvalue weighted by atomic mass is 9.88. The molecule has 2 unspecified atom stereocenters. The molecule has 19 heavy (non-hydrogen) atoms. The lowest BCUT2D eigenvalue weighted by molar-refractivity contribution is -0.138. The minimum atomic E-state index is -0.662. The molecule has 0 radical (unpaired) electrons. The highest BCUT2D eigenvalue weighted by molar-refractivity contribution is 7.15. The van der Waals surface area contributed by atoms with Gasteiger partial charge in [-0.15, -0.1) is 11.3 Å². The summed E-state index contributed by atoms with van der Waals surface area (Å²) in [7, 11) is 0. The van der Waals surface area contributed by atoms with E-state index in [4.69, 9.17) is 16.7 Å². The Morgan fingerprint density at radius 3 is 2.68 bits per heavy atom. The molecule has 1 aromatic rings. The third-order valence-electron chi connectivity index (χ3n) is 4.29. The summed E-state index contributed by atoms with van der Waals surface area (Å²) in [6.07, 6.45) is 6.45. The summed E-state index contributed by atoms with van der Waals surface area (Å²) in [5.41, 5.74) is 0. The molecule has 4 nitrogen and oxygen atoms in total. The molecule has 1 aromatic heterocycles. The van der Waals surface area contributed by atoms with Crippen molar-refractivity contribution >= 4 is 28.9 Å². The van der Waals surface area contributed by atoms with Crippen LogP contribution in [0.5, 0.6) is 0 Å². The minimum Gasteiger partial charge on any atom is -0.481 e. The number of rotatable bonds is 4. The second-order valence-electron chi connectivity index (χ2n) is 5.55. The average molecular weight is 301 g/mol. The smallest absolute Gasteiger partial charge is 0.303 e. The molecule has 2 aliphatic heterocycles. The first kappa shape index (κ1) is 13.3. The largest absolute Gasteiger partial charge is 0.481 e. The van der Waals surface area contributed by atoms with Crippen LogP contribution >= 0.6 is 22.9 Å². The number of aliphatic carboxylic acids is 1. The second-order valence-corrected chi connectivity index (χ2v) is 7.30.